The second kappa shape index (κ2) is 10.9. The van der Waals surface area contributed by atoms with Crippen LogP contribution < -0.4 is 14.8 Å². The summed E-state index contributed by atoms with van der Waals surface area (Å²) in [6.45, 7) is 2.37. The van der Waals surface area contributed by atoms with E-state index in [0.717, 1.165) is 11.1 Å². The first-order chi connectivity index (χ1) is 15.4. The van der Waals surface area contributed by atoms with Crippen molar-refractivity contribution >= 4 is 15.9 Å². The summed E-state index contributed by atoms with van der Waals surface area (Å²) in [5.41, 5.74) is 2.77. The smallest absolute Gasteiger partial charge is 0.241 e. The largest absolute Gasteiger partial charge is 0.497 e. The average Bonchev–Trinajstić information content (AvgIpc) is 2.79. The Hall–Kier alpha value is -3.16. The minimum Gasteiger partial charge on any atom is -0.497 e. The summed E-state index contributed by atoms with van der Waals surface area (Å²) in [6, 6.07) is 22.8. The number of nitrogens with one attached hydrogen (secondary N) is 2. The van der Waals surface area contributed by atoms with Crippen LogP contribution in [0.2, 0.25) is 0 Å². The number of methoxy groups -OCH3 is 1. The van der Waals surface area contributed by atoms with Gasteiger partial charge in [0.2, 0.25) is 15.9 Å². The van der Waals surface area contributed by atoms with E-state index < -0.39 is 16.1 Å². The van der Waals surface area contributed by atoms with Gasteiger partial charge in [0.1, 0.15) is 5.75 Å². The number of hydrogen-bond acceptors (Lipinski definition) is 4. The Kier molecular flexibility index (Phi) is 8.03. The van der Waals surface area contributed by atoms with Crippen molar-refractivity contribution in [1.29, 1.82) is 0 Å². The van der Waals surface area contributed by atoms with Crippen molar-refractivity contribution in [1.82, 2.24) is 10.0 Å². The highest BCUT2D eigenvalue weighted by Crippen LogP contribution is 2.23. The van der Waals surface area contributed by atoms with Gasteiger partial charge in [-0.05, 0) is 48.7 Å². The lowest BCUT2D eigenvalue weighted by Crippen LogP contribution is -2.34. The Bertz CT molecular complexity index is 1110. The average molecular weight is 453 g/mol. The molecular formula is C25H28N2O4S. The molecule has 1 unspecified atom stereocenters. The van der Waals surface area contributed by atoms with Gasteiger partial charge in [-0.25, -0.2) is 13.1 Å². The van der Waals surface area contributed by atoms with E-state index in [1.165, 1.54) is 0 Å². The molecule has 3 aromatic carbocycles. The minimum absolute atomic E-state index is 0.0216. The summed E-state index contributed by atoms with van der Waals surface area (Å²) in [7, 11) is -2.25. The first kappa shape index (κ1) is 23.5. The van der Waals surface area contributed by atoms with Crippen molar-refractivity contribution in [3.63, 3.8) is 0 Å². The van der Waals surface area contributed by atoms with Gasteiger partial charge < -0.3 is 10.1 Å². The lowest BCUT2D eigenvalue weighted by atomic mass is 10.0. The molecule has 168 valence electrons. The van der Waals surface area contributed by atoms with Gasteiger partial charge in [-0.15, -0.1) is 0 Å². The number of amides is 1. The molecule has 2 N–H and O–H groups in total. The highest BCUT2D eigenvalue weighted by molar-refractivity contribution is 7.89. The third kappa shape index (κ3) is 6.67. The first-order valence-electron chi connectivity index (χ1n) is 10.4. The van der Waals surface area contributed by atoms with Crippen molar-refractivity contribution in [2.45, 2.75) is 30.7 Å². The number of carbonyl (C=O) groups excluding carboxylic acids is 1. The molecule has 0 spiro atoms. The number of aryl methyl sites for hydroxylation is 1. The molecular weight excluding hydrogens is 424 g/mol. The molecule has 1 atom stereocenters. The molecule has 0 saturated carbocycles. The number of hydrogen-bond donors (Lipinski definition) is 2. The van der Waals surface area contributed by atoms with Crippen molar-refractivity contribution in [3.8, 4) is 5.75 Å². The van der Waals surface area contributed by atoms with Crippen LogP contribution in [-0.2, 0) is 21.2 Å². The number of carbonyl (C=O) groups is 1. The van der Waals surface area contributed by atoms with Crippen LogP contribution in [0.1, 0.15) is 29.2 Å². The van der Waals surface area contributed by atoms with Crippen LogP contribution in [0.3, 0.4) is 0 Å². The van der Waals surface area contributed by atoms with Crippen LogP contribution >= 0.6 is 0 Å². The maximum Gasteiger partial charge on any atom is 0.241 e. The molecule has 0 saturated heterocycles. The van der Waals surface area contributed by atoms with Gasteiger partial charge in [0.25, 0.3) is 0 Å². The number of benzene rings is 3. The molecule has 0 aliphatic heterocycles. The van der Waals surface area contributed by atoms with Gasteiger partial charge in [-0.2, -0.15) is 0 Å². The molecule has 0 radical (unpaired) electrons. The lowest BCUT2D eigenvalue weighted by Gasteiger charge is -2.19. The van der Waals surface area contributed by atoms with Gasteiger partial charge in [-0.3, -0.25) is 4.79 Å². The van der Waals surface area contributed by atoms with Crippen molar-refractivity contribution in [3.05, 3.63) is 95.6 Å². The second-order valence-electron chi connectivity index (χ2n) is 7.55. The normalized spacial score (nSPS) is 12.2. The van der Waals surface area contributed by atoms with Crippen LogP contribution in [-0.4, -0.2) is 28.0 Å². The van der Waals surface area contributed by atoms with Crippen LogP contribution in [0.5, 0.6) is 5.75 Å². The Balaban J connectivity index is 1.72. The van der Waals surface area contributed by atoms with E-state index in [9.17, 15) is 13.2 Å². The molecule has 6 nitrogen and oxygen atoms in total. The van der Waals surface area contributed by atoms with E-state index in [1.54, 1.807) is 55.6 Å². The highest BCUT2D eigenvalue weighted by Gasteiger charge is 2.24. The van der Waals surface area contributed by atoms with Crippen LogP contribution in [0.15, 0.2) is 83.8 Å². The van der Waals surface area contributed by atoms with Crippen molar-refractivity contribution in [2.24, 2.45) is 0 Å². The van der Waals surface area contributed by atoms with Gasteiger partial charge in [0.05, 0.1) is 18.0 Å². The van der Waals surface area contributed by atoms with Crippen LogP contribution in [0.4, 0.5) is 0 Å². The van der Waals surface area contributed by atoms with Gasteiger partial charge in [0, 0.05) is 13.0 Å². The Morgan fingerprint density at radius 3 is 2.22 bits per heavy atom. The Morgan fingerprint density at radius 1 is 0.938 bits per heavy atom. The van der Waals surface area contributed by atoms with Crippen LogP contribution in [0, 0.1) is 6.92 Å². The molecule has 3 rings (SSSR count). The molecule has 32 heavy (non-hydrogen) atoms. The molecule has 0 aliphatic rings. The molecule has 0 heterocycles. The third-order valence-corrected chi connectivity index (χ3v) is 6.60. The summed E-state index contributed by atoms with van der Waals surface area (Å²) in [5.74, 6) is 0.426. The van der Waals surface area contributed by atoms with Crippen LogP contribution in [0.25, 0.3) is 0 Å². The zero-order chi connectivity index (χ0) is 23.0. The second-order valence-corrected chi connectivity index (χ2v) is 9.26. The quantitative estimate of drug-likeness (QED) is 0.490. The molecule has 1 amide bonds. The summed E-state index contributed by atoms with van der Waals surface area (Å²) in [4.78, 5) is 12.8. The number of sulfonamides is 1. The van der Waals surface area contributed by atoms with E-state index in [2.05, 4.69) is 10.0 Å². The molecule has 0 bridgehead atoms. The third-order valence-electron chi connectivity index (χ3n) is 5.12. The maximum atomic E-state index is 13.0. The van der Waals surface area contributed by atoms with E-state index in [-0.39, 0.29) is 17.2 Å². The molecule has 0 aromatic heterocycles. The standard InChI is InChI=1S/C25H28N2O4S/c1-19-8-14-23(15-9-19)32(29,30)27-24(21-10-12-22(31-2)13-11-21)18-25(28)26-17-16-20-6-4-3-5-7-20/h3-15,24,27H,16-18H2,1-2H3,(H,26,28). The minimum atomic E-state index is -3.81. The molecule has 0 aliphatic carbocycles. The molecule has 0 fully saturated rings. The van der Waals surface area contributed by atoms with Gasteiger partial charge >= 0.3 is 0 Å². The predicted octanol–water partition coefficient (Wildman–Crippen LogP) is 3.77. The van der Waals surface area contributed by atoms with E-state index in [4.69, 9.17) is 4.74 Å². The summed E-state index contributed by atoms with van der Waals surface area (Å²) < 4.78 is 33.8. The predicted molar refractivity (Wildman–Crippen MR) is 125 cm³/mol. The molecule has 3 aromatic rings. The van der Waals surface area contributed by atoms with Crippen molar-refractivity contribution in [2.75, 3.05) is 13.7 Å². The van der Waals surface area contributed by atoms with E-state index in [1.807, 2.05) is 37.3 Å². The topological polar surface area (TPSA) is 84.5 Å². The van der Waals surface area contributed by atoms with E-state index >= 15 is 0 Å². The number of rotatable bonds is 10. The number of ether oxygens (including phenoxy) is 1. The van der Waals surface area contributed by atoms with Gasteiger partial charge in [-0.1, -0.05) is 60.2 Å². The monoisotopic (exact) mass is 452 g/mol. The maximum absolute atomic E-state index is 13.0. The fraction of sp³-hybridized carbons (Fsp3) is 0.240. The summed E-state index contributed by atoms with van der Waals surface area (Å²) in [5, 5.41) is 2.89. The summed E-state index contributed by atoms with van der Waals surface area (Å²) >= 11 is 0. The fourth-order valence-electron chi connectivity index (χ4n) is 3.29. The van der Waals surface area contributed by atoms with Gasteiger partial charge in [0.15, 0.2) is 0 Å². The Labute approximate surface area is 189 Å². The lowest BCUT2D eigenvalue weighted by molar-refractivity contribution is -0.121. The zero-order valence-corrected chi connectivity index (χ0v) is 19.1. The Morgan fingerprint density at radius 2 is 1.59 bits per heavy atom. The fourth-order valence-corrected chi connectivity index (χ4v) is 4.51. The van der Waals surface area contributed by atoms with E-state index in [0.29, 0.717) is 24.3 Å². The summed E-state index contributed by atoms with van der Waals surface area (Å²) in [6.07, 6.45) is 0.682. The molecule has 7 heteroatoms. The first-order valence-corrected chi connectivity index (χ1v) is 11.9. The SMILES string of the molecule is COc1ccc(C(CC(=O)NCCc2ccccc2)NS(=O)(=O)c2ccc(C)cc2)cc1. The zero-order valence-electron chi connectivity index (χ0n) is 18.2. The van der Waals surface area contributed by atoms with Crippen molar-refractivity contribution < 1.29 is 17.9 Å². The highest BCUT2D eigenvalue weighted by atomic mass is 32.2.